The Labute approximate surface area is 142 Å². The second-order valence-corrected chi connectivity index (χ2v) is 5.58. The molecule has 0 aromatic heterocycles. The Bertz CT molecular complexity index is 773. The summed E-state index contributed by atoms with van der Waals surface area (Å²) in [5, 5.41) is 0. The zero-order valence-electron chi connectivity index (χ0n) is 13.7. The molecule has 0 unspecified atom stereocenters. The third-order valence-electron chi connectivity index (χ3n) is 3.91. The maximum absolute atomic E-state index is 13.1. The second-order valence-electron chi connectivity index (χ2n) is 5.58. The van der Waals surface area contributed by atoms with Gasteiger partial charge in [0.05, 0.1) is 6.54 Å². The van der Waals surface area contributed by atoms with Crippen molar-refractivity contribution < 1.29 is 4.79 Å². The molecule has 0 heterocycles. The van der Waals surface area contributed by atoms with E-state index >= 15 is 0 Å². The highest BCUT2D eigenvalue weighted by atomic mass is 16.2. The number of carbonyl (C=O) groups is 1. The zero-order valence-corrected chi connectivity index (χ0v) is 13.7. The lowest BCUT2D eigenvalue weighted by molar-refractivity contribution is 0.252. The molecule has 3 aromatic carbocycles. The van der Waals surface area contributed by atoms with Crippen LogP contribution >= 0.6 is 0 Å². The van der Waals surface area contributed by atoms with E-state index in [4.69, 9.17) is 0 Å². The van der Waals surface area contributed by atoms with Gasteiger partial charge < -0.3 is 0 Å². The summed E-state index contributed by atoms with van der Waals surface area (Å²) in [4.78, 5) is 16.6. The molecule has 0 spiro atoms. The van der Waals surface area contributed by atoms with Crippen molar-refractivity contribution in [2.45, 2.75) is 6.54 Å². The Kier molecular flexibility index (Phi) is 4.92. The number of benzene rings is 3. The number of nitrogens with zero attached hydrogens (tertiary/aromatic N) is 2. The van der Waals surface area contributed by atoms with E-state index in [2.05, 4.69) is 0 Å². The minimum Gasteiger partial charge on any atom is -0.297 e. The van der Waals surface area contributed by atoms with Crippen LogP contribution in [0.25, 0.3) is 0 Å². The summed E-state index contributed by atoms with van der Waals surface area (Å²) in [6.45, 7) is 0.529. The van der Waals surface area contributed by atoms with Gasteiger partial charge in [-0.05, 0) is 29.8 Å². The fourth-order valence-corrected chi connectivity index (χ4v) is 2.59. The molecule has 0 aliphatic carbocycles. The van der Waals surface area contributed by atoms with Crippen LogP contribution < -0.4 is 9.80 Å². The topological polar surface area (TPSA) is 23.6 Å². The summed E-state index contributed by atoms with van der Waals surface area (Å²) < 4.78 is 0. The average molecular weight is 316 g/mol. The first-order valence-corrected chi connectivity index (χ1v) is 7.95. The molecule has 3 heteroatoms. The van der Waals surface area contributed by atoms with Gasteiger partial charge in [-0.15, -0.1) is 0 Å². The van der Waals surface area contributed by atoms with Gasteiger partial charge in [0.25, 0.3) is 0 Å². The molecule has 0 aliphatic heterocycles. The predicted molar refractivity (Wildman–Crippen MR) is 99.3 cm³/mol. The van der Waals surface area contributed by atoms with Crippen LogP contribution in [0.4, 0.5) is 16.2 Å². The highest BCUT2D eigenvalue weighted by molar-refractivity contribution is 6.03. The van der Waals surface area contributed by atoms with Crippen molar-refractivity contribution in [2.24, 2.45) is 0 Å². The van der Waals surface area contributed by atoms with Gasteiger partial charge in [-0.3, -0.25) is 9.80 Å². The minimum atomic E-state index is -0.0590. The van der Waals surface area contributed by atoms with E-state index in [1.54, 1.807) is 16.8 Å². The van der Waals surface area contributed by atoms with Crippen LogP contribution in [0.2, 0.25) is 0 Å². The molecule has 0 aliphatic rings. The van der Waals surface area contributed by atoms with Crippen LogP contribution in [0.5, 0.6) is 0 Å². The highest BCUT2D eigenvalue weighted by Crippen LogP contribution is 2.21. The molecule has 0 saturated heterocycles. The van der Waals surface area contributed by atoms with Crippen LogP contribution in [0.3, 0.4) is 0 Å². The molecule has 3 aromatic rings. The smallest absolute Gasteiger partial charge is 0.297 e. The van der Waals surface area contributed by atoms with E-state index in [-0.39, 0.29) is 6.03 Å². The summed E-state index contributed by atoms with van der Waals surface area (Å²) in [5.74, 6) is 0. The van der Waals surface area contributed by atoms with E-state index in [1.807, 2.05) is 91.0 Å². The van der Waals surface area contributed by atoms with Crippen LogP contribution in [-0.2, 0) is 6.54 Å². The number of carbonyl (C=O) groups excluding carboxylic acids is 1. The Hall–Kier alpha value is -3.07. The standard InChI is InChI=1S/C21H20N2O/c1-22(19-13-7-3-8-14-19)21(24)23(20-15-9-4-10-16-20)17-18-11-5-2-6-12-18/h2-16H,17H2,1H3. The van der Waals surface area contributed by atoms with Gasteiger partial charge in [0, 0.05) is 18.4 Å². The second kappa shape index (κ2) is 7.47. The summed E-state index contributed by atoms with van der Waals surface area (Å²) >= 11 is 0. The van der Waals surface area contributed by atoms with Gasteiger partial charge in [0.2, 0.25) is 0 Å². The van der Waals surface area contributed by atoms with Crippen LogP contribution in [0.15, 0.2) is 91.0 Å². The molecule has 24 heavy (non-hydrogen) atoms. The monoisotopic (exact) mass is 316 g/mol. The lowest BCUT2D eigenvalue weighted by Crippen LogP contribution is -2.41. The van der Waals surface area contributed by atoms with Crippen molar-refractivity contribution >= 4 is 17.4 Å². The molecule has 0 radical (unpaired) electrons. The molecule has 0 saturated carbocycles. The van der Waals surface area contributed by atoms with Crippen molar-refractivity contribution in [3.8, 4) is 0 Å². The largest absolute Gasteiger partial charge is 0.329 e. The number of hydrogen-bond donors (Lipinski definition) is 0. The fourth-order valence-electron chi connectivity index (χ4n) is 2.59. The van der Waals surface area contributed by atoms with E-state index in [9.17, 15) is 4.79 Å². The predicted octanol–water partition coefficient (Wildman–Crippen LogP) is 4.95. The fraction of sp³-hybridized carbons (Fsp3) is 0.0952. The maximum atomic E-state index is 13.1. The zero-order chi connectivity index (χ0) is 16.8. The van der Waals surface area contributed by atoms with Gasteiger partial charge in [-0.2, -0.15) is 0 Å². The number of urea groups is 1. The van der Waals surface area contributed by atoms with Crippen molar-refractivity contribution in [3.05, 3.63) is 96.6 Å². The van der Waals surface area contributed by atoms with Crippen LogP contribution in [0, 0.1) is 0 Å². The van der Waals surface area contributed by atoms with Crippen molar-refractivity contribution in [1.82, 2.24) is 0 Å². The number of para-hydroxylation sites is 2. The molecule has 120 valence electrons. The Morgan fingerprint density at radius 3 is 1.71 bits per heavy atom. The molecule has 0 N–H and O–H groups in total. The quantitative estimate of drug-likeness (QED) is 0.668. The maximum Gasteiger partial charge on any atom is 0.329 e. The third kappa shape index (κ3) is 3.63. The van der Waals surface area contributed by atoms with E-state index < -0.39 is 0 Å². The molecule has 2 amide bonds. The van der Waals surface area contributed by atoms with Crippen LogP contribution in [-0.4, -0.2) is 13.1 Å². The van der Waals surface area contributed by atoms with Crippen molar-refractivity contribution in [1.29, 1.82) is 0 Å². The number of amides is 2. The normalized spacial score (nSPS) is 10.2. The van der Waals surface area contributed by atoms with Crippen molar-refractivity contribution in [2.75, 3.05) is 16.8 Å². The molecule has 0 fully saturated rings. The third-order valence-corrected chi connectivity index (χ3v) is 3.91. The average Bonchev–Trinajstić information content (AvgIpc) is 2.67. The summed E-state index contributed by atoms with van der Waals surface area (Å²) in [5.41, 5.74) is 2.85. The SMILES string of the molecule is CN(C(=O)N(Cc1ccccc1)c1ccccc1)c1ccccc1. The first-order chi connectivity index (χ1) is 11.8. The Morgan fingerprint density at radius 2 is 1.17 bits per heavy atom. The van der Waals surface area contributed by atoms with Gasteiger partial charge >= 0.3 is 6.03 Å². The Balaban J connectivity index is 1.91. The van der Waals surface area contributed by atoms with Gasteiger partial charge in [-0.25, -0.2) is 4.79 Å². The first kappa shape index (κ1) is 15.8. The number of rotatable bonds is 4. The number of anilines is 2. The van der Waals surface area contributed by atoms with Gasteiger partial charge in [0.1, 0.15) is 0 Å². The molecular weight excluding hydrogens is 296 g/mol. The van der Waals surface area contributed by atoms with Crippen molar-refractivity contribution in [3.63, 3.8) is 0 Å². The molecule has 3 rings (SSSR count). The molecule has 0 bridgehead atoms. The molecule has 3 nitrogen and oxygen atoms in total. The Morgan fingerprint density at radius 1 is 0.708 bits per heavy atom. The molecular formula is C21H20N2O. The summed E-state index contributed by atoms with van der Waals surface area (Å²) in [7, 11) is 1.80. The first-order valence-electron chi connectivity index (χ1n) is 7.95. The summed E-state index contributed by atoms with van der Waals surface area (Å²) in [6, 6.07) is 29.4. The van der Waals surface area contributed by atoms with Gasteiger partial charge in [0.15, 0.2) is 0 Å². The highest BCUT2D eigenvalue weighted by Gasteiger charge is 2.21. The number of hydrogen-bond acceptors (Lipinski definition) is 1. The van der Waals surface area contributed by atoms with Gasteiger partial charge in [-0.1, -0.05) is 66.7 Å². The summed E-state index contributed by atoms with van der Waals surface area (Å²) in [6.07, 6.45) is 0. The molecule has 0 atom stereocenters. The van der Waals surface area contributed by atoms with Crippen LogP contribution in [0.1, 0.15) is 5.56 Å². The van der Waals surface area contributed by atoms with E-state index in [1.165, 1.54) is 0 Å². The minimum absolute atomic E-state index is 0.0590. The lowest BCUT2D eigenvalue weighted by Gasteiger charge is -2.28. The van der Waals surface area contributed by atoms with E-state index in [0.717, 1.165) is 16.9 Å². The lowest BCUT2D eigenvalue weighted by atomic mass is 10.2. The van der Waals surface area contributed by atoms with E-state index in [0.29, 0.717) is 6.54 Å².